The number of nitrogens with one attached hydrogen (secondary N) is 1. The van der Waals surface area contributed by atoms with Gasteiger partial charge < -0.3 is 15.2 Å². The smallest absolute Gasteiger partial charge is 0.404 e. The molecular weight excluding hydrogens is 170 g/mol. The minimum Gasteiger partial charge on any atom is -0.465 e. The van der Waals surface area contributed by atoms with Crippen LogP contribution in [0.1, 0.15) is 25.7 Å². The molecule has 1 aliphatic heterocycles. The topological polar surface area (TPSA) is 61.9 Å². The molecule has 1 aliphatic carbocycles. The molecule has 4 nitrogen and oxygen atoms in total. The maximum Gasteiger partial charge on any atom is 0.404 e. The first-order chi connectivity index (χ1) is 6.25. The van der Waals surface area contributed by atoms with E-state index in [1.54, 1.807) is 0 Å². The molecule has 0 bridgehead atoms. The van der Waals surface area contributed by atoms with E-state index in [9.17, 15) is 4.79 Å². The summed E-state index contributed by atoms with van der Waals surface area (Å²) < 4.78 is 5.23. The Kier molecular flexibility index (Phi) is 2.40. The SMILES string of the molecule is O=C(O)N[C@H]1CC[C@H](C2CO2)CC1. The summed E-state index contributed by atoms with van der Waals surface area (Å²) in [5.74, 6) is 0.687. The number of hydrogen-bond donors (Lipinski definition) is 2. The van der Waals surface area contributed by atoms with Crippen molar-refractivity contribution in [2.24, 2.45) is 5.92 Å². The number of rotatable bonds is 2. The molecule has 0 spiro atoms. The van der Waals surface area contributed by atoms with Crippen molar-refractivity contribution in [3.8, 4) is 0 Å². The minimum atomic E-state index is -0.897. The molecule has 2 N–H and O–H groups in total. The summed E-state index contributed by atoms with van der Waals surface area (Å²) in [6.45, 7) is 0.918. The molecule has 0 radical (unpaired) electrons. The van der Waals surface area contributed by atoms with Crippen LogP contribution in [0.2, 0.25) is 0 Å². The van der Waals surface area contributed by atoms with E-state index < -0.39 is 6.09 Å². The van der Waals surface area contributed by atoms with Crippen LogP contribution in [-0.4, -0.2) is 30.0 Å². The van der Waals surface area contributed by atoms with Crippen molar-refractivity contribution in [3.63, 3.8) is 0 Å². The van der Waals surface area contributed by atoms with Crippen LogP contribution < -0.4 is 5.32 Å². The predicted molar refractivity (Wildman–Crippen MR) is 46.6 cm³/mol. The second kappa shape index (κ2) is 3.54. The van der Waals surface area contributed by atoms with Gasteiger partial charge in [-0.3, -0.25) is 0 Å². The highest BCUT2D eigenvalue weighted by Gasteiger charge is 2.35. The third kappa shape index (κ3) is 2.34. The van der Waals surface area contributed by atoms with Gasteiger partial charge in [0.25, 0.3) is 0 Å². The lowest BCUT2D eigenvalue weighted by molar-refractivity contribution is 0.178. The van der Waals surface area contributed by atoms with Gasteiger partial charge in [0, 0.05) is 6.04 Å². The Morgan fingerprint density at radius 1 is 1.31 bits per heavy atom. The molecule has 1 amide bonds. The molecule has 1 atom stereocenters. The number of hydrogen-bond acceptors (Lipinski definition) is 2. The third-order valence-electron chi connectivity index (χ3n) is 2.98. The zero-order valence-electron chi connectivity index (χ0n) is 7.53. The van der Waals surface area contributed by atoms with Gasteiger partial charge in [0.15, 0.2) is 0 Å². The number of carboxylic acid groups (broad SMARTS) is 1. The molecule has 1 saturated carbocycles. The van der Waals surface area contributed by atoms with Gasteiger partial charge >= 0.3 is 6.09 Å². The first-order valence-corrected chi connectivity index (χ1v) is 4.87. The highest BCUT2D eigenvalue weighted by molar-refractivity contribution is 5.64. The van der Waals surface area contributed by atoms with Crippen LogP contribution in [0.15, 0.2) is 0 Å². The van der Waals surface area contributed by atoms with Crippen LogP contribution in [0.3, 0.4) is 0 Å². The largest absolute Gasteiger partial charge is 0.465 e. The fourth-order valence-corrected chi connectivity index (χ4v) is 2.14. The maximum atomic E-state index is 10.4. The van der Waals surface area contributed by atoms with E-state index in [4.69, 9.17) is 9.84 Å². The van der Waals surface area contributed by atoms with Gasteiger partial charge in [0.2, 0.25) is 0 Å². The molecule has 13 heavy (non-hydrogen) atoms. The molecule has 74 valence electrons. The van der Waals surface area contributed by atoms with E-state index in [1.165, 1.54) is 0 Å². The zero-order chi connectivity index (χ0) is 9.26. The van der Waals surface area contributed by atoms with Crippen LogP contribution in [0.5, 0.6) is 0 Å². The van der Waals surface area contributed by atoms with E-state index in [1.807, 2.05) is 0 Å². The summed E-state index contributed by atoms with van der Waals surface area (Å²) in [5, 5.41) is 11.1. The van der Waals surface area contributed by atoms with E-state index in [2.05, 4.69) is 5.32 Å². The summed E-state index contributed by atoms with van der Waals surface area (Å²) in [7, 11) is 0. The van der Waals surface area contributed by atoms with Crippen LogP contribution in [0.4, 0.5) is 4.79 Å². The number of carbonyl (C=O) groups is 1. The van der Waals surface area contributed by atoms with Crippen molar-refractivity contribution < 1.29 is 14.6 Å². The Labute approximate surface area is 77.3 Å². The predicted octanol–water partition coefficient (Wildman–Crippen LogP) is 1.21. The Balaban J connectivity index is 1.72. The summed E-state index contributed by atoms with van der Waals surface area (Å²) >= 11 is 0. The fraction of sp³-hybridized carbons (Fsp3) is 0.889. The van der Waals surface area contributed by atoms with Crippen molar-refractivity contribution in [3.05, 3.63) is 0 Å². The molecule has 0 aromatic rings. The second-order valence-corrected chi connectivity index (χ2v) is 3.93. The lowest BCUT2D eigenvalue weighted by Crippen LogP contribution is -2.37. The van der Waals surface area contributed by atoms with Gasteiger partial charge in [-0.1, -0.05) is 0 Å². The quantitative estimate of drug-likeness (QED) is 0.636. The van der Waals surface area contributed by atoms with Crippen molar-refractivity contribution in [1.29, 1.82) is 0 Å². The van der Waals surface area contributed by atoms with Gasteiger partial charge in [-0.05, 0) is 31.6 Å². The summed E-state index contributed by atoms with van der Waals surface area (Å²) in [5.41, 5.74) is 0. The van der Waals surface area contributed by atoms with Gasteiger partial charge in [-0.15, -0.1) is 0 Å². The monoisotopic (exact) mass is 185 g/mol. The van der Waals surface area contributed by atoms with Crippen molar-refractivity contribution in [2.45, 2.75) is 37.8 Å². The lowest BCUT2D eigenvalue weighted by Gasteiger charge is -2.27. The molecule has 1 saturated heterocycles. The lowest BCUT2D eigenvalue weighted by atomic mass is 9.84. The summed E-state index contributed by atoms with van der Waals surface area (Å²) in [4.78, 5) is 10.4. The van der Waals surface area contributed by atoms with Crippen molar-refractivity contribution in [2.75, 3.05) is 6.61 Å². The zero-order valence-corrected chi connectivity index (χ0v) is 7.53. The Bertz CT molecular complexity index is 195. The molecule has 2 rings (SSSR count). The number of amides is 1. The molecule has 4 heteroatoms. The van der Waals surface area contributed by atoms with Gasteiger partial charge in [0.1, 0.15) is 0 Å². The Morgan fingerprint density at radius 2 is 1.92 bits per heavy atom. The average Bonchev–Trinajstić information content (AvgIpc) is 2.87. The molecule has 2 aliphatic rings. The van der Waals surface area contributed by atoms with E-state index in [-0.39, 0.29) is 6.04 Å². The summed E-state index contributed by atoms with van der Waals surface area (Å²) in [6, 6.07) is 0.174. The van der Waals surface area contributed by atoms with Crippen LogP contribution in [-0.2, 0) is 4.74 Å². The third-order valence-corrected chi connectivity index (χ3v) is 2.98. The first-order valence-electron chi connectivity index (χ1n) is 4.87. The Morgan fingerprint density at radius 3 is 2.38 bits per heavy atom. The molecule has 0 aromatic heterocycles. The number of epoxide rings is 1. The highest BCUT2D eigenvalue weighted by atomic mass is 16.6. The normalized spacial score (nSPS) is 38.3. The van der Waals surface area contributed by atoms with Crippen molar-refractivity contribution >= 4 is 6.09 Å². The highest BCUT2D eigenvalue weighted by Crippen LogP contribution is 2.33. The van der Waals surface area contributed by atoms with Gasteiger partial charge in [0.05, 0.1) is 12.7 Å². The van der Waals surface area contributed by atoms with Gasteiger partial charge in [-0.25, -0.2) is 4.79 Å². The molecular formula is C9H15NO3. The van der Waals surface area contributed by atoms with Crippen LogP contribution >= 0.6 is 0 Å². The van der Waals surface area contributed by atoms with Gasteiger partial charge in [-0.2, -0.15) is 0 Å². The first kappa shape index (κ1) is 8.81. The minimum absolute atomic E-state index is 0.174. The number of ether oxygens (including phenoxy) is 1. The molecule has 2 fully saturated rings. The molecule has 1 heterocycles. The standard InChI is InChI=1S/C9H15NO3/c11-9(12)10-7-3-1-6(2-4-7)8-5-13-8/h6-8,10H,1-5H2,(H,11,12)/t6-,7-,8?. The molecule has 0 aromatic carbocycles. The second-order valence-electron chi connectivity index (χ2n) is 3.93. The van der Waals surface area contributed by atoms with E-state index >= 15 is 0 Å². The van der Waals surface area contributed by atoms with Crippen LogP contribution in [0.25, 0.3) is 0 Å². The van der Waals surface area contributed by atoms with Crippen LogP contribution in [0, 0.1) is 5.92 Å². The molecule has 1 unspecified atom stereocenters. The van der Waals surface area contributed by atoms with E-state index in [0.717, 1.165) is 32.3 Å². The van der Waals surface area contributed by atoms with Crippen molar-refractivity contribution in [1.82, 2.24) is 5.32 Å². The average molecular weight is 185 g/mol. The maximum absolute atomic E-state index is 10.4. The summed E-state index contributed by atoms with van der Waals surface area (Å²) in [6.07, 6.45) is 3.75. The van der Waals surface area contributed by atoms with E-state index in [0.29, 0.717) is 12.0 Å². The Hall–Kier alpha value is -0.770. The fourth-order valence-electron chi connectivity index (χ4n) is 2.14.